The van der Waals surface area contributed by atoms with Gasteiger partial charge in [-0.2, -0.15) is 0 Å². The first-order valence-electron chi connectivity index (χ1n) is 12.0. The second-order valence-electron chi connectivity index (χ2n) is 7.72. The van der Waals surface area contributed by atoms with Crippen LogP contribution < -0.4 is 10.2 Å². The average Bonchev–Trinajstić information content (AvgIpc) is 2.74. The molecule has 0 fully saturated rings. The fraction of sp³-hybridized carbons (Fsp3) is 0.833. The topological polar surface area (TPSA) is 133 Å². The summed E-state index contributed by atoms with van der Waals surface area (Å²) in [5, 5.41) is 20.2. The van der Waals surface area contributed by atoms with Crippen LogP contribution in [0.15, 0.2) is 0 Å². The molecular formula is C24H42MgO8. The van der Waals surface area contributed by atoms with Gasteiger partial charge >= 0.3 is 35.0 Å². The van der Waals surface area contributed by atoms with Gasteiger partial charge in [-0.05, 0) is 51.4 Å². The molecule has 0 aliphatic carbocycles. The van der Waals surface area contributed by atoms with E-state index >= 15 is 0 Å². The maximum Gasteiger partial charge on any atom is 2.00 e. The molecule has 188 valence electrons. The Bertz CT molecular complexity index is 453. The second kappa shape index (κ2) is 28.7. The Balaban J connectivity index is -0.000000529. The Labute approximate surface area is 215 Å². The van der Waals surface area contributed by atoms with Crippen molar-refractivity contribution in [2.45, 2.75) is 117 Å². The molecule has 0 aromatic heterocycles. The summed E-state index contributed by atoms with van der Waals surface area (Å²) in [6, 6.07) is 0. The summed E-state index contributed by atoms with van der Waals surface area (Å²) in [6.07, 6.45) is 11.4. The summed E-state index contributed by atoms with van der Waals surface area (Å²) in [5.74, 6) is -2.58. The molecule has 0 rings (SSSR count). The van der Waals surface area contributed by atoms with Crippen LogP contribution in [0.5, 0.6) is 0 Å². The Morgan fingerprint density at radius 2 is 0.848 bits per heavy atom. The molecule has 0 saturated carbocycles. The predicted octanol–water partition coefficient (Wildman–Crippen LogP) is 2.46. The number of unbranched alkanes of at least 4 members (excludes halogenated alkanes) is 8. The molecule has 0 N–H and O–H groups in total. The van der Waals surface area contributed by atoms with E-state index in [2.05, 4.69) is 13.8 Å². The van der Waals surface area contributed by atoms with Crippen molar-refractivity contribution in [3.63, 3.8) is 0 Å². The number of carboxylic acids is 2. The third-order valence-corrected chi connectivity index (χ3v) is 4.55. The fourth-order valence-corrected chi connectivity index (χ4v) is 2.65. The third-order valence-electron chi connectivity index (χ3n) is 4.55. The van der Waals surface area contributed by atoms with Crippen molar-refractivity contribution in [3.05, 3.63) is 0 Å². The van der Waals surface area contributed by atoms with E-state index in [0.717, 1.165) is 38.5 Å². The van der Waals surface area contributed by atoms with Crippen LogP contribution in [0.3, 0.4) is 0 Å². The molecule has 0 heterocycles. The molecule has 0 amide bonds. The zero-order valence-electron chi connectivity index (χ0n) is 20.7. The van der Waals surface area contributed by atoms with Crippen LogP contribution >= 0.6 is 0 Å². The van der Waals surface area contributed by atoms with Crippen LogP contribution in [0.4, 0.5) is 0 Å². The smallest absolute Gasteiger partial charge is 0.550 e. The molecule has 0 saturated heterocycles. The van der Waals surface area contributed by atoms with Crippen molar-refractivity contribution < 1.29 is 38.9 Å². The van der Waals surface area contributed by atoms with Gasteiger partial charge in [-0.1, -0.05) is 52.4 Å². The summed E-state index contributed by atoms with van der Waals surface area (Å²) in [5.41, 5.74) is 0. The van der Waals surface area contributed by atoms with Crippen molar-refractivity contribution >= 4 is 46.9 Å². The minimum absolute atomic E-state index is 0. The Kier molecular flexibility index (Phi) is 31.5. The first-order chi connectivity index (χ1) is 15.3. The van der Waals surface area contributed by atoms with Gasteiger partial charge in [0.05, 0.1) is 13.2 Å². The van der Waals surface area contributed by atoms with Crippen LogP contribution in [0.2, 0.25) is 0 Å². The summed E-state index contributed by atoms with van der Waals surface area (Å²) in [6.45, 7) is 5.23. The van der Waals surface area contributed by atoms with Gasteiger partial charge in [0.25, 0.3) is 0 Å². The maximum atomic E-state index is 11.1. The third kappa shape index (κ3) is 35.4. The summed E-state index contributed by atoms with van der Waals surface area (Å²) in [4.78, 5) is 42.4. The van der Waals surface area contributed by atoms with Crippen molar-refractivity contribution in [1.82, 2.24) is 0 Å². The number of esters is 2. The molecule has 0 unspecified atom stereocenters. The number of ether oxygens (including phenoxy) is 2. The van der Waals surface area contributed by atoms with E-state index in [9.17, 15) is 29.4 Å². The maximum absolute atomic E-state index is 11.1. The summed E-state index contributed by atoms with van der Waals surface area (Å²) < 4.78 is 9.99. The zero-order chi connectivity index (χ0) is 24.5. The normalized spacial score (nSPS) is 9.76. The molecule has 0 bridgehead atoms. The predicted molar refractivity (Wildman–Crippen MR) is 123 cm³/mol. The van der Waals surface area contributed by atoms with Gasteiger partial charge in [0.15, 0.2) is 0 Å². The molecule has 0 aromatic rings. The molecule has 9 heteroatoms. The largest absolute Gasteiger partial charge is 2.00 e. The number of hydrogen-bond donors (Lipinski definition) is 0. The number of carbonyl (C=O) groups excluding carboxylic acids is 4. The quantitative estimate of drug-likeness (QED) is 0.147. The Hall–Kier alpha value is -1.35. The number of aliphatic carboxylic acids is 2. The molecule has 0 atom stereocenters. The Morgan fingerprint density at radius 1 is 0.515 bits per heavy atom. The van der Waals surface area contributed by atoms with Gasteiger partial charge in [0.1, 0.15) is 0 Å². The van der Waals surface area contributed by atoms with E-state index in [1.807, 2.05) is 0 Å². The van der Waals surface area contributed by atoms with Gasteiger partial charge in [-0.3, -0.25) is 9.59 Å². The van der Waals surface area contributed by atoms with Gasteiger partial charge in [0, 0.05) is 24.8 Å². The van der Waals surface area contributed by atoms with Crippen LogP contribution in [-0.4, -0.2) is 60.1 Å². The summed E-state index contributed by atoms with van der Waals surface area (Å²) >= 11 is 0. The van der Waals surface area contributed by atoms with Crippen LogP contribution in [0, 0.1) is 0 Å². The molecule has 33 heavy (non-hydrogen) atoms. The number of carboxylic acid groups (broad SMARTS) is 2. The monoisotopic (exact) mass is 482 g/mol. The molecular weight excluding hydrogens is 441 g/mol. The molecule has 0 spiro atoms. The first-order valence-corrected chi connectivity index (χ1v) is 12.0. The Morgan fingerprint density at radius 3 is 1.15 bits per heavy atom. The minimum Gasteiger partial charge on any atom is -0.550 e. The fourth-order valence-electron chi connectivity index (χ4n) is 2.65. The molecule has 0 radical (unpaired) electrons. The van der Waals surface area contributed by atoms with Gasteiger partial charge < -0.3 is 29.3 Å². The standard InChI is InChI=1S/2C12H22O4.Mg/c2*1-2-3-4-7-10-16-12(15)9-6-5-8-11(13)14;/h2*2-10H2,1H3,(H,13,14);/q;;+2/p-2. The van der Waals surface area contributed by atoms with E-state index in [-0.39, 0.29) is 47.8 Å². The van der Waals surface area contributed by atoms with Crippen LogP contribution in [0.25, 0.3) is 0 Å². The van der Waals surface area contributed by atoms with E-state index in [1.165, 1.54) is 12.8 Å². The van der Waals surface area contributed by atoms with Crippen molar-refractivity contribution in [1.29, 1.82) is 0 Å². The first kappa shape index (κ1) is 36.2. The molecule has 0 aromatic carbocycles. The second-order valence-corrected chi connectivity index (χ2v) is 7.72. The van der Waals surface area contributed by atoms with Crippen molar-refractivity contribution in [2.24, 2.45) is 0 Å². The van der Waals surface area contributed by atoms with E-state index in [4.69, 9.17) is 9.47 Å². The van der Waals surface area contributed by atoms with Gasteiger partial charge in [-0.25, -0.2) is 0 Å². The summed E-state index contributed by atoms with van der Waals surface area (Å²) in [7, 11) is 0. The van der Waals surface area contributed by atoms with Crippen LogP contribution in [-0.2, 0) is 28.7 Å². The number of hydrogen-bond acceptors (Lipinski definition) is 8. The molecule has 8 nitrogen and oxygen atoms in total. The minimum atomic E-state index is -1.06. The SMILES string of the molecule is CCCCCCOC(=O)CCCCC(=O)[O-].CCCCCCOC(=O)CCCCC(=O)[O-].[Mg+2]. The van der Waals surface area contributed by atoms with Gasteiger partial charge in [-0.15, -0.1) is 0 Å². The molecule has 0 aliphatic rings. The van der Waals surface area contributed by atoms with Gasteiger partial charge in [0.2, 0.25) is 0 Å². The van der Waals surface area contributed by atoms with E-state index in [0.29, 0.717) is 51.7 Å². The number of rotatable bonds is 20. The van der Waals surface area contributed by atoms with E-state index < -0.39 is 11.9 Å². The number of carbonyl (C=O) groups is 4. The van der Waals surface area contributed by atoms with Crippen LogP contribution in [0.1, 0.15) is 117 Å². The zero-order valence-corrected chi connectivity index (χ0v) is 22.1. The van der Waals surface area contributed by atoms with Crippen molar-refractivity contribution in [2.75, 3.05) is 13.2 Å². The van der Waals surface area contributed by atoms with Crippen molar-refractivity contribution in [3.8, 4) is 0 Å². The van der Waals surface area contributed by atoms with E-state index in [1.54, 1.807) is 0 Å². The average molecular weight is 483 g/mol. The molecule has 0 aliphatic heterocycles.